The summed E-state index contributed by atoms with van der Waals surface area (Å²) < 4.78 is 96.6. The van der Waals surface area contributed by atoms with E-state index >= 15 is 0 Å². The van der Waals surface area contributed by atoms with Gasteiger partial charge in [-0.1, -0.05) is 0 Å². The Labute approximate surface area is 181 Å². The van der Waals surface area contributed by atoms with Crippen LogP contribution in [0.1, 0.15) is 0 Å². The number of fused-ring (bicyclic) bond motifs is 1. The first-order chi connectivity index (χ1) is 11.6. The molecule has 142 valence electrons. The fraction of sp³-hybridized carbons (Fsp3) is 0. The Morgan fingerprint density at radius 1 is 0.852 bits per heavy atom. The molecule has 0 aromatic heterocycles. The van der Waals surface area contributed by atoms with Crippen LogP contribution >= 0.6 is 12.2 Å². The minimum absolute atomic E-state index is 0. The van der Waals surface area contributed by atoms with Crippen LogP contribution in [0.15, 0.2) is 39.0 Å². The van der Waals surface area contributed by atoms with E-state index in [1.165, 1.54) is 0 Å². The zero-order valence-corrected chi connectivity index (χ0v) is 18.6. The molecule has 2 aromatic carbocycles. The molecule has 16 heteroatoms. The van der Waals surface area contributed by atoms with Crippen LogP contribution in [0, 0.1) is 0 Å². The van der Waals surface area contributed by atoms with Crippen molar-refractivity contribution < 1.29 is 68.5 Å². The molecule has 0 aliphatic carbocycles. The normalized spacial score (nSPS) is 12.4. The van der Waals surface area contributed by atoms with Crippen molar-refractivity contribution in [1.29, 1.82) is 0 Å². The van der Waals surface area contributed by atoms with Gasteiger partial charge in [0.05, 0.1) is 15.5 Å². The zero-order valence-electron chi connectivity index (χ0n) is 13.3. The van der Waals surface area contributed by atoms with Gasteiger partial charge in [-0.25, -0.2) is 0 Å². The van der Waals surface area contributed by atoms with E-state index in [2.05, 4.69) is 17.5 Å². The Morgan fingerprint density at radius 2 is 1.30 bits per heavy atom. The minimum Gasteiger partial charge on any atom is -0.376 e. The van der Waals surface area contributed by atoms with Gasteiger partial charge in [-0.15, -0.1) is 0 Å². The molecule has 0 aliphatic rings. The summed E-state index contributed by atoms with van der Waals surface area (Å²) in [7, 11) is -14.7. The molecule has 0 spiro atoms. The summed E-state index contributed by atoms with van der Waals surface area (Å²) in [5.41, 5.74) is 4.94. The predicted octanol–water partition coefficient (Wildman–Crippen LogP) is -2.76. The third kappa shape index (κ3) is 5.57. The molecule has 0 amide bonds. The largest absolute Gasteiger partial charge is 1.00 e. The Kier molecular flexibility index (Phi) is 7.03. The third-order valence-electron chi connectivity index (χ3n) is 3.09. The molecule has 0 aliphatic heterocycles. The number of thiocarbonyl (C=S) groups is 1. The Morgan fingerprint density at radius 3 is 1.67 bits per heavy atom. The fourth-order valence-electron chi connectivity index (χ4n) is 2.15. The molecule has 0 heterocycles. The number of anilines is 1. The smallest absolute Gasteiger partial charge is 0.376 e. The summed E-state index contributed by atoms with van der Waals surface area (Å²) >= 11 is 4.61. The van der Waals surface area contributed by atoms with E-state index in [0.717, 1.165) is 18.2 Å². The number of hydrogen-bond donors (Lipinski definition) is 5. The SMILES string of the molecule is NC(=S)Nc1cc(S(=O)(=O)O)cc2cc(S(=O)(=O)O)cc(S(=O)(=O)O)c12.[Na+]. The van der Waals surface area contributed by atoms with E-state index in [1.807, 2.05) is 0 Å². The summed E-state index contributed by atoms with van der Waals surface area (Å²) in [6.07, 6.45) is 0. The van der Waals surface area contributed by atoms with Crippen molar-refractivity contribution in [1.82, 2.24) is 0 Å². The molecule has 0 unspecified atom stereocenters. The molecule has 27 heavy (non-hydrogen) atoms. The molecule has 0 radical (unpaired) electrons. The topological polar surface area (TPSA) is 201 Å². The van der Waals surface area contributed by atoms with Crippen molar-refractivity contribution in [2.75, 3.05) is 5.32 Å². The fourth-order valence-corrected chi connectivity index (χ4v) is 4.19. The number of nitrogens with two attached hydrogens (primary N) is 1. The van der Waals surface area contributed by atoms with Crippen LogP contribution < -0.4 is 40.6 Å². The van der Waals surface area contributed by atoms with Crippen LogP contribution in [-0.2, 0) is 30.4 Å². The van der Waals surface area contributed by atoms with Crippen LogP contribution in [0.3, 0.4) is 0 Å². The number of benzene rings is 2. The molecule has 0 fully saturated rings. The van der Waals surface area contributed by atoms with Gasteiger partial charge in [0.1, 0.15) is 4.90 Å². The molecule has 0 saturated carbocycles. The standard InChI is InChI=1S/C11H10N2O9S4.Na/c12-11(23)13-8-3-6(24(14,15)16)1-5-2-7(25(17,18)19)4-9(10(5)8)26(20,21)22;/h1-4H,(H3,12,13,23)(H,14,15,16)(H,17,18,19)(H,20,21,22);/q;+1. The van der Waals surface area contributed by atoms with E-state index in [-0.39, 0.29) is 46.0 Å². The Bertz CT molecular complexity index is 1250. The molecular weight excluding hydrogens is 455 g/mol. The van der Waals surface area contributed by atoms with E-state index in [0.29, 0.717) is 6.07 Å². The molecule has 2 aromatic rings. The predicted molar refractivity (Wildman–Crippen MR) is 93.8 cm³/mol. The number of nitrogens with one attached hydrogen (secondary N) is 1. The van der Waals surface area contributed by atoms with Crippen LogP contribution in [0.25, 0.3) is 10.8 Å². The first-order valence-electron chi connectivity index (χ1n) is 6.21. The van der Waals surface area contributed by atoms with E-state index < -0.39 is 50.2 Å². The van der Waals surface area contributed by atoms with Crippen molar-refractivity contribution in [3.8, 4) is 0 Å². The summed E-state index contributed by atoms with van der Waals surface area (Å²) in [5.74, 6) is 0. The van der Waals surface area contributed by atoms with Gasteiger partial charge >= 0.3 is 29.6 Å². The van der Waals surface area contributed by atoms with Gasteiger partial charge in [-0.2, -0.15) is 25.3 Å². The molecule has 11 nitrogen and oxygen atoms in total. The second kappa shape index (κ2) is 7.86. The summed E-state index contributed by atoms with van der Waals surface area (Å²) in [5, 5.41) is 1.11. The van der Waals surface area contributed by atoms with Crippen LogP contribution in [0.4, 0.5) is 5.69 Å². The van der Waals surface area contributed by atoms with Crippen LogP contribution in [-0.4, -0.2) is 44.0 Å². The van der Waals surface area contributed by atoms with E-state index in [9.17, 15) is 34.4 Å². The van der Waals surface area contributed by atoms with Crippen LogP contribution in [0.5, 0.6) is 0 Å². The summed E-state index contributed by atoms with van der Waals surface area (Å²) in [6, 6.07) is 2.71. The average molecular weight is 465 g/mol. The van der Waals surface area contributed by atoms with Gasteiger partial charge in [-0.05, 0) is 41.9 Å². The van der Waals surface area contributed by atoms with Crippen molar-refractivity contribution in [3.63, 3.8) is 0 Å². The maximum atomic E-state index is 11.7. The Balaban J connectivity index is 0.00000364. The second-order valence-electron chi connectivity index (χ2n) is 4.90. The van der Waals surface area contributed by atoms with Crippen molar-refractivity contribution in [2.24, 2.45) is 5.73 Å². The van der Waals surface area contributed by atoms with Gasteiger partial charge in [0.25, 0.3) is 30.4 Å². The van der Waals surface area contributed by atoms with Gasteiger partial charge in [0.15, 0.2) is 5.11 Å². The quantitative estimate of drug-likeness (QED) is 0.177. The average Bonchev–Trinajstić information content (AvgIpc) is 2.42. The number of hydrogen-bond acceptors (Lipinski definition) is 7. The molecule has 6 N–H and O–H groups in total. The van der Waals surface area contributed by atoms with Gasteiger partial charge in [0.2, 0.25) is 0 Å². The first kappa shape index (κ1) is 24.2. The maximum Gasteiger partial charge on any atom is 1.00 e. The van der Waals surface area contributed by atoms with Crippen LogP contribution in [0.2, 0.25) is 0 Å². The molecule has 0 atom stereocenters. The van der Waals surface area contributed by atoms with E-state index in [1.54, 1.807) is 0 Å². The van der Waals surface area contributed by atoms with Gasteiger partial charge in [0, 0.05) is 5.39 Å². The zero-order chi connectivity index (χ0) is 20.1. The monoisotopic (exact) mass is 465 g/mol. The second-order valence-corrected chi connectivity index (χ2v) is 9.58. The van der Waals surface area contributed by atoms with Crippen molar-refractivity contribution in [3.05, 3.63) is 24.3 Å². The number of rotatable bonds is 4. The maximum absolute atomic E-state index is 11.7. The minimum atomic E-state index is -5.03. The van der Waals surface area contributed by atoms with Gasteiger partial charge < -0.3 is 11.1 Å². The van der Waals surface area contributed by atoms with Crippen molar-refractivity contribution >= 4 is 64.1 Å². The summed E-state index contributed by atoms with van der Waals surface area (Å²) in [6.45, 7) is 0. The molecule has 2 rings (SSSR count). The molecule has 0 saturated heterocycles. The summed E-state index contributed by atoms with van der Waals surface area (Å²) in [4.78, 5) is -2.66. The molecule has 0 bridgehead atoms. The van der Waals surface area contributed by atoms with Crippen molar-refractivity contribution in [2.45, 2.75) is 14.7 Å². The molecular formula is C11H10N2NaO9S4+. The third-order valence-corrected chi connectivity index (χ3v) is 5.73. The van der Waals surface area contributed by atoms with Gasteiger partial charge in [-0.3, -0.25) is 13.7 Å². The first-order valence-corrected chi connectivity index (χ1v) is 10.9. The Hall–Kier alpha value is -0.880. The van der Waals surface area contributed by atoms with E-state index in [4.69, 9.17) is 10.3 Å².